The number of thiazole rings is 1. The molecule has 5 rings (SSSR count). The highest BCUT2D eigenvalue weighted by molar-refractivity contribution is 7.15. The molecule has 1 amide bonds. The van der Waals surface area contributed by atoms with E-state index in [4.69, 9.17) is 21.1 Å². The van der Waals surface area contributed by atoms with Crippen LogP contribution in [0.5, 0.6) is 11.5 Å². The summed E-state index contributed by atoms with van der Waals surface area (Å²) in [6.45, 7) is 2.99. The molecule has 2 heterocycles. The molecule has 0 bridgehead atoms. The average molecular weight is 532 g/mol. The van der Waals surface area contributed by atoms with Crippen molar-refractivity contribution in [1.82, 2.24) is 9.88 Å². The smallest absolute Gasteiger partial charge is 0.236 e. The van der Waals surface area contributed by atoms with Crippen LogP contribution in [0.4, 0.5) is 5.13 Å². The summed E-state index contributed by atoms with van der Waals surface area (Å²) in [6, 6.07) is 13.3. The Morgan fingerprint density at radius 3 is 2.72 bits per heavy atom. The summed E-state index contributed by atoms with van der Waals surface area (Å²) in [7, 11) is 2.01. The lowest BCUT2D eigenvalue weighted by Gasteiger charge is -2.30. The molecule has 2 atom stereocenters. The molecule has 1 fully saturated rings. The summed E-state index contributed by atoms with van der Waals surface area (Å²) in [4.78, 5) is 21.0. The summed E-state index contributed by atoms with van der Waals surface area (Å²) >= 11 is 8.01. The van der Waals surface area contributed by atoms with Gasteiger partial charge >= 0.3 is 0 Å². The molecule has 2 aromatic carbocycles. The topological polar surface area (TPSA) is 115 Å². The fourth-order valence-corrected chi connectivity index (χ4v) is 5.85. The van der Waals surface area contributed by atoms with Crippen LogP contribution in [0.3, 0.4) is 0 Å². The molecular formula is C26H30ClN3O5S. The molecule has 8 nitrogen and oxygen atoms in total. The van der Waals surface area contributed by atoms with Crippen LogP contribution in [-0.4, -0.2) is 53.4 Å². The van der Waals surface area contributed by atoms with Crippen molar-refractivity contribution in [2.24, 2.45) is 5.92 Å². The van der Waals surface area contributed by atoms with E-state index in [1.807, 2.05) is 56.4 Å². The van der Waals surface area contributed by atoms with Crippen LogP contribution in [0.1, 0.15) is 41.8 Å². The number of anilines is 1. The number of carbonyl (C=O) groups is 1. The molecule has 1 aliphatic carbocycles. The molecule has 4 N–H and O–H groups in total. The first-order valence-electron chi connectivity index (χ1n) is 11.6. The maximum absolute atomic E-state index is 13.3. The van der Waals surface area contributed by atoms with Gasteiger partial charge in [-0.25, -0.2) is 4.98 Å². The Morgan fingerprint density at radius 1 is 1.25 bits per heavy atom. The highest BCUT2D eigenvalue weighted by Gasteiger charge is 2.52. The van der Waals surface area contributed by atoms with Crippen LogP contribution >= 0.6 is 22.9 Å². The normalized spacial score (nSPS) is 16.8. The average Bonchev–Trinajstić information content (AvgIpc) is 3.32. The van der Waals surface area contributed by atoms with Gasteiger partial charge < -0.3 is 25.4 Å². The number of aliphatic hydroxyl groups excluding tert-OH is 1. The van der Waals surface area contributed by atoms with E-state index in [1.165, 1.54) is 11.3 Å². The van der Waals surface area contributed by atoms with E-state index in [2.05, 4.69) is 15.2 Å². The molecule has 2 aliphatic rings. The van der Waals surface area contributed by atoms with Crippen molar-refractivity contribution in [3.05, 3.63) is 69.7 Å². The van der Waals surface area contributed by atoms with E-state index in [9.17, 15) is 9.90 Å². The molecular weight excluding hydrogens is 502 g/mol. The number of aromatic nitrogens is 1. The molecule has 192 valence electrons. The second kappa shape index (κ2) is 10.7. The third kappa shape index (κ3) is 5.07. The van der Waals surface area contributed by atoms with Crippen molar-refractivity contribution in [2.75, 3.05) is 32.3 Å². The summed E-state index contributed by atoms with van der Waals surface area (Å²) in [5, 5.41) is 13.8. The van der Waals surface area contributed by atoms with Crippen LogP contribution in [0.2, 0.25) is 5.02 Å². The molecule has 3 aromatic rings. The summed E-state index contributed by atoms with van der Waals surface area (Å²) in [6.07, 6.45) is 3.36. The van der Waals surface area contributed by atoms with Crippen molar-refractivity contribution >= 4 is 34.0 Å². The molecule has 0 radical (unpaired) electrons. The van der Waals surface area contributed by atoms with Gasteiger partial charge in [0.25, 0.3) is 0 Å². The minimum absolute atomic E-state index is 0. The second-order valence-corrected chi connectivity index (χ2v) is 10.8. The van der Waals surface area contributed by atoms with Gasteiger partial charge in [-0.3, -0.25) is 9.69 Å². The van der Waals surface area contributed by atoms with Crippen LogP contribution < -0.4 is 14.8 Å². The predicted molar refractivity (Wildman–Crippen MR) is 140 cm³/mol. The zero-order valence-electron chi connectivity index (χ0n) is 20.2. The Hall–Kier alpha value is -2.69. The summed E-state index contributed by atoms with van der Waals surface area (Å²) < 4.78 is 10.9. The SMILES string of the molecule is CC(CO)CN(C)C(c1cnc(NC(=O)C2(c3ccc4c(c3)OCO4)CC2)s1)c1ccccc1Cl.O. The van der Waals surface area contributed by atoms with Gasteiger partial charge in [0.05, 0.1) is 11.5 Å². The first-order valence-corrected chi connectivity index (χ1v) is 12.8. The van der Waals surface area contributed by atoms with Crippen molar-refractivity contribution < 1.29 is 24.9 Å². The lowest BCUT2D eigenvalue weighted by Crippen LogP contribution is -2.30. The zero-order chi connectivity index (χ0) is 24.6. The zero-order valence-corrected chi connectivity index (χ0v) is 21.7. The lowest BCUT2D eigenvalue weighted by atomic mass is 9.94. The van der Waals surface area contributed by atoms with Crippen LogP contribution in [0.25, 0.3) is 0 Å². The number of aliphatic hydroxyl groups is 1. The van der Waals surface area contributed by atoms with Gasteiger partial charge in [-0.15, -0.1) is 0 Å². The summed E-state index contributed by atoms with van der Waals surface area (Å²) in [5.74, 6) is 1.43. The van der Waals surface area contributed by atoms with Gasteiger partial charge in [0, 0.05) is 29.2 Å². The maximum Gasteiger partial charge on any atom is 0.236 e. The lowest BCUT2D eigenvalue weighted by molar-refractivity contribution is -0.118. The monoisotopic (exact) mass is 531 g/mol. The highest BCUT2D eigenvalue weighted by atomic mass is 35.5. The van der Waals surface area contributed by atoms with E-state index in [1.54, 1.807) is 6.20 Å². The van der Waals surface area contributed by atoms with Crippen molar-refractivity contribution in [1.29, 1.82) is 0 Å². The number of nitrogens with one attached hydrogen (secondary N) is 1. The first kappa shape index (κ1) is 26.4. The first-order chi connectivity index (χ1) is 16.9. The van der Waals surface area contributed by atoms with Gasteiger partial charge in [-0.05, 0) is 55.1 Å². The Labute approximate surface area is 219 Å². The van der Waals surface area contributed by atoms with Gasteiger partial charge in [0.2, 0.25) is 12.7 Å². The second-order valence-electron chi connectivity index (χ2n) is 9.32. The Kier molecular flexibility index (Phi) is 7.87. The third-order valence-electron chi connectivity index (χ3n) is 6.68. The van der Waals surface area contributed by atoms with Gasteiger partial charge in [-0.1, -0.05) is 54.1 Å². The molecule has 2 unspecified atom stereocenters. The number of nitrogens with zero attached hydrogens (tertiary/aromatic N) is 2. The number of hydrogen-bond donors (Lipinski definition) is 2. The van der Waals surface area contributed by atoms with Crippen LogP contribution in [0.15, 0.2) is 48.7 Å². The number of hydrogen-bond acceptors (Lipinski definition) is 7. The highest BCUT2D eigenvalue weighted by Crippen LogP contribution is 2.51. The molecule has 1 aromatic heterocycles. The Bertz CT molecular complexity index is 1230. The third-order valence-corrected chi connectivity index (χ3v) is 7.98. The van der Waals surface area contributed by atoms with E-state index in [0.717, 1.165) is 28.8 Å². The number of amides is 1. The predicted octanol–water partition coefficient (Wildman–Crippen LogP) is 4.02. The fourth-order valence-electron chi connectivity index (χ4n) is 4.61. The quantitative estimate of drug-likeness (QED) is 0.431. The minimum Gasteiger partial charge on any atom is -0.454 e. The van der Waals surface area contributed by atoms with Crippen LogP contribution in [-0.2, 0) is 10.2 Å². The molecule has 36 heavy (non-hydrogen) atoms. The van der Waals surface area contributed by atoms with Crippen molar-refractivity contribution in [3.8, 4) is 11.5 Å². The summed E-state index contributed by atoms with van der Waals surface area (Å²) in [5.41, 5.74) is 1.33. The number of carbonyl (C=O) groups excluding carboxylic acids is 1. The molecule has 0 saturated heterocycles. The molecule has 10 heteroatoms. The number of fused-ring (bicyclic) bond motifs is 1. The number of halogens is 1. The minimum atomic E-state index is -0.567. The number of ether oxygens (including phenoxy) is 2. The Morgan fingerprint density at radius 2 is 2.00 bits per heavy atom. The largest absolute Gasteiger partial charge is 0.454 e. The van der Waals surface area contributed by atoms with E-state index < -0.39 is 5.41 Å². The van der Waals surface area contributed by atoms with Gasteiger partial charge in [0.15, 0.2) is 16.6 Å². The standard InChI is InChI=1S/C26H28ClN3O4S.H2O/c1-16(14-31)13-30(2)23(18-5-3-4-6-19(18)27)22-12-28-25(35-22)29-24(32)26(9-10-26)17-7-8-20-21(11-17)34-15-33-20;/h3-8,11-12,16,23,31H,9-10,13-15H2,1-2H3,(H,28,29,32);1H2. The van der Waals surface area contributed by atoms with Gasteiger partial charge in [-0.2, -0.15) is 0 Å². The van der Waals surface area contributed by atoms with Gasteiger partial charge in [0.1, 0.15) is 0 Å². The fraction of sp³-hybridized carbons (Fsp3) is 0.385. The van der Waals surface area contributed by atoms with E-state index in [-0.39, 0.29) is 36.7 Å². The van der Waals surface area contributed by atoms with E-state index in [0.29, 0.717) is 28.2 Å². The van der Waals surface area contributed by atoms with Crippen molar-refractivity contribution in [2.45, 2.75) is 31.2 Å². The van der Waals surface area contributed by atoms with E-state index >= 15 is 0 Å². The molecule has 0 spiro atoms. The molecule has 1 saturated carbocycles. The maximum atomic E-state index is 13.3. The Balaban J connectivity index is 0.00000304. The molecule has 1 aliphatic heterocycles. The number of benzene rings is 2. The number of rotatable bonds is 9. The van der Waals surface area contributed by atoms with Crippen molar-refractivity contribution in [3.63, 3.8) is 0 Å². The van der Waals surface area contributed by atoms with Crippen LogP contribution in [0, 0.1) is 5.92 Å².